The molecule has 2 amide bonds. The first-order valence-corrected chi connectivity index (χ1v) is 8.78. The zero-order valence-corrected chi connectivity index (χ0v) is 13.8. The maximum Gasteiger partial charge on any atom is 0.224 e. The van der Waals surface area contributed by atoms with E-state index < -0.39 is 0 Å². The molecule has 24 heavy (non-hydrogen) atoms. The molecule has 0 radical (unpaired) electrons. The van der Waals surface area contributed by atoms with Crippen LogP contribution in [-0.4, -0.2) is 68.9 Å². The van der Waals surface area contributed by atoms with E-state index in [1.807, 2.05) is 14.5 Å². The van der Waals surface area contributed by atoms with Crippen LogP contribution in [0.1, 0.15) is 43.8 Å². The lowest BCUT2D eigenvalue weighted by atomic mass is 10.00. The first-order valence-electron chi connectivity index (χ1n) is 8.78. The zero-order valence-electron chi connectivity index (χ0n) is 13.8. The van der Waals surface area contributed by atoms with E-state index in [0.717, 1.165) is 31.5 Å². The molecule has 3 aliphatic rings. The number of hydrogen-bond donors (Lipinski definition) is 0. The fourth-order valence-corrected chi connectivity index (χ4v) is 3.89. The van der Waals surface area contributed by atoms with Crippen molar-refractivity contribution >= 4 is 11.8 Å². The summed E-state index contributed by atoms with van der Waals surface area (Å²) in [6.07, 6.45) is 5.67. The van der Waals surface area contributed by atoms with Gasteiger partial charge in [-0.15, -0.1) is 5.10 Å². The van der Waals surface area contributed by atoms with Gasteiger partial charge in [0, 0.05) is 39.0 Å². The second-order valence-corrected chi connectivity index (χ2v) is 6.80. The van der Waals surface area contributed by atoms with E-state index in [1.165, 1.54) is 0 Å². The number of carbonyl (C=O) groups is 2. The summed E-state index contributed by atoms with van der Waals surface area (Å²) in [5.74, 6) is 0.291. The molecule has 2 atom stereocenters. The number of ether oxygens (including phenoxy) is 1. The molecule has 0 N–H and O–H groups in total. The fourth-order valence-electron chi connectivity index (χ4n) is 3.89. The SMILES string of the molecule is O=C1CCCCN1CCC(=O)N1CC[C@H]2OCc3cnnn3[C@H]2C1. The van der Waals surface area contributed by atoms with E-state index in [4.69, 9.17) is 4.74 Å². The molecule has 0 unspecified atom stereocenters. The van der Waals surface area contributed by atoms with Gasteiger partial charge in [-0.2, -0.15) is 0 Å². The minimum atomic E-state index is 0.0468. The molecular formula is C16H23N5O3. The molecule has 3 aliphatic heterocycles. The average molecular weight is 333 g/mol. The summed E-state index contributed by atoms with van der Waals surface area (Å²) in [4.78, 5) is 28.1. The van der Waals surface area contributed by atoms with Crippen molar-refractivity contribution in [1.29, 1.82) is 0 Å². The molecule has 4 rings (SSSR count). The Morgan fingerprint density at radius 3 is 3.12 bits per heavy atom. The first kappa shape index (κ1) is 15.6. The molecule has 2 saturated heterocycles. The molecule has 130 valence electrons. The molecule has 0 bridgehead atoms. The van der Waals surface area contributed by atoms with Crippen molar-refractivity contribution in [2.24, 2.45) is 0 Å². The molecule has 0 saturated carbocycles. The molecule has 0 spiro atoms. The van der Waals surface area contributed by atoms with Gasteiger partial charge >= 0.3 is 0 Å². The monoisotopic (exact) mass is 333 g/mol. The Morgan fingerprint density at radius 1 is 1.33 bits per heavy atom. The minimum absolute atomic E-state index is 0.0468. The quantitative estimate of drug-likeness (QED) is 0.797. The predicted molar refractivity (Wildman–Crippen MR) is 83.9 cm³/mol. The third-order valence-corrected chi connectivity index (χ3v) is 5.30. The van der Waals surface area contributed by atoms with Gasteiger partial charge in [0.1, 0.15) is 0 Å². The van der Waals surface area contributed by atoms with Crippen LogP contribution in [0.25, 0.3) is 0 Å². The molecule has 4 heterocycles. The van der Waals surface area contributed by atoms with Crippen LogP contribution in [0.4, 0.5) is 0 Å². The van der Waals surface area contributed by atoms with Gasteiger partial charge in [0.05, 0.1) is 30.6 Å². The number of aromatic nitrogens is 3. The van der Waals surface area contributed by atoms with E-state index in [9.17, 15) is 9.59 Å². The fraction of sp³-hybridized carbons (Fsp3) is 0.750. The van der Waals surface area contributed by atoms with Crippen molar-refractivity contribution in [2.75, 3.05) is 26.2 Å². The second kappa shape index (κ2) is 6.51. The van der Waals surface area contributed by atoms with E-state index in [-0.39, 0.29) is 24.0 Å². The summed E-state index contributed by atoms with van der Waals surface area (Å²) in [5, 5.41) is 8.12. The number of hydrogen-bond acceptors (Lipinski definition) is 5. The lowest BCUT2D eigenvalue weighted by Gasteiger charge is -2.41. The number of nitrogens with zero attached hydrogens (tertiary/aromatic N) is 5. The van der Waals surface area contributed by atoms with Gasteiger partial charge in [-0.3, -0.25) is 9.59 Å². The van der Waals surface area contributed by atoms with Crippen molar-refractivity contribution in [3.05, 3.63) is 11.9 Å². The molecule has 1 aromatic heterocycles. The summed E-state index contributed by atoms with van der Waals surface area (Å²) >= 11 is 0. The number of piperidine rings is 2. The van der Waals surface area contributed by atoms with Crippen LogP contribution < -0.4 is 0 Å². The van der Waals surface area contributed by atoms with Crippen LogP contribution in [0, 0.1) is 0 Å². The van der Waals surface area contributed by atoms with Crippen LogP contribution >= 0.6 is 0 Å². The van der Waals surface area contributed by atoms with Gasteiger partial charge in [-0.25, -0.2) is 4.68 Å². The molecular weight excluding hydrogens is 310 g/mol. The highest BCUT2D eigenvalue weighted by atomic mass is 16.5. The summed E-state index contributed by atoms with van der Waals surface area (Å²) in [7, 11) is 0. The lowest BCUT2D eigenvalue weighted by Crippen LogP contribution is -2.50. The Bertz CT molecular complexity index is 631. The maximum absolute atomic E-state index is 12.6. The second-order valence-electron chi connectivity index (χ2n) is 6.80. The number of likely N-dealkylation sites (tertiary alicyclic amines) is 2. The average Bonchev–Trinajstić information content (AvgIpc) is 3.09. The van der Waals surface area contributed by atoms with E-state index in [1.54, 1.807) is 6.20 Å². The number of carbonyl (C=O) groups excluding carboxylic acids is 2. The normalized spacial score (nSPS) is 26.9. The third-order valence-electron chi connectivity index (χ3n) is 5.30. The Balaban J connectivity index is 1.35. The highest BCUT2D eigenvalue weighted by Crippen LogP contribution is 2.30. The molecule has 8 heteroatoms. The van der Waals surface area contributed by atoms with Crippen molar-refractivity contribution in [2.45, 2.75) is 50.9 Å². The molecule has 1 aromatic rings. The van der Waals surface area contributed by atoms with Gasteiger partial charge in [-0.05, 0) is 19.3 Å². The largest absolute Gasteiger partial charge is 0.370 e. The van der Waals surface area contributed by atoms with E-state index >= 15 is 0 Å². The number of fused-ring (bicyclic) bond motifs is 3. The van der Waals surface area contributed by atoms with E-state index in [0.29, 0.717) is 39.1 Å². The Labute approximate surface area is 140 Å². The highest BCUT2D eigenvalue weighted by Gasteiger charge is 2.37. The molecule has 0 aromatic carbocycles. The smallest absolute Gasteiger partial charge is 0.224 e. The van der Waals surface area contributed by atoms with Crippen LogP contribution in [-0.2, 0) is 20.9 Å². The maximum atomic E-state index is 12.6. The first-order chi connectivity index (χ1) is 11.7. The number of rotatable bonds is 3. The van der Waals surface area contributed by atoms with E-state index in [2.05, 4.69) is 10.3 Å². The topological polar surface area (TPSA) is 80.6 Å². The molecule has 2 fully saturated rings. The van der Waals surface area contributed by atoms with Gasteiger partial charge in [0.25, 0.3) is 0 Å². The Hall–Kier alpha value is -1.96. The number of amides is 2. The Kier molecular flexibility index (Phi) is 4.22. The van der Waals surface area contributed by atoms with Gasteiger partial charge in [0.15, 0.2) is 0 Å². The Morgan fingerprint density at radius 2 is 2.25 bits per heavy atom. The van der Waals surface area contributed by atoms with Gasteiger partial charge < -0.3 is 14.5 Å². The van der Waals surface area contributed by atoms with Crippen LogP contribution in [0.2, 0.25) is 0 Å². The minimum Gasteiger partial charge on any atom is -0.370 e. The summed E-state index contributed by atoms with van der Waals surface area (Å²) in [5.41, 5.74) is 0.962. The highest BCUT2D eigenvalue weighted by molar-refractivity contribution is 5.79. The van der Waals surface area contributed by atoms with Crippen molar-refractivity contribution < 1.29 is 14.3 Å². The van der Waals surface area contributed by atoms with Crippen LogP contribution in [0.3, 0.4) is 0 Å². The van der Waals surface area contributed by atoms with Crippen molar-refractivity contribution in [1.82, 2.24) is 24.8 Å². The van der Waals surface area contributed by atoms with Crippen molar-refractivity contribution in [3.8, 4) is 0 Å². The lowest BCUT2D eigenvalue weighted by molar-refractivity contribution is -0.139. The molecule has 8 nitrogen and oxygen atoms in total. The van der Waals surface area contributed by atoms with Crippen molar-refractivity contribution in [3.63, 3.8) is 0 Å². The molecule has 0 aliphatic carbocycles. The van der Waals surface area contributed by atoms with Crippen LogP contribution in [0.15, 0.2) is 6.20 Å². The van der Waals surface area contributed by atoms with Gasteiger partial charge in [0.2, 0.25) is 11.8 Å². The van der Waals surface area contributed by atoms with Crippen LogP contribution in [0.5, 0.6) is 0 Å². The summed E-state index contributed by atoms with van der Waals surface area (Å²) in [6.45, 7) is 3.17. The van der Waals surface area contributed by atoms with Gasteiger partial charge in [-0.1, -0.05) is 5.21 Å². The predicted octanol–water partition coefficient (Wildman–Crippen LogP) is 0.353. The zero-order chi connectivity index (χ0) is 16.5. The summed E-state index contributed by atoms with van der Waals surface area (Å²) < 4.78 is 7.78. The summed E-state index contributed by atoms with van der Waals surface area (Å²) in [6, 6.07) is 0.0468. The standard InChI is InChI=1S/C16H23N5O3/c22-15-3-1-2-6-19(15)8-5-16(23)20-7-4-14-13(10-20)21-12(11-24-14)9-17-18-21/h9,13-14H,1-8,10-11H2/t13-,14+/m0/s1. The third kappa shape index (κ3) is 2.90.